The molecule has 1 saturated heterocycles. The topological polar surface area (TPSA) is 32.3 Å². The second-order valence-electron chi connectivity index (χ2n) is 2.97. The Bertz CT molecular complexity index is 135. The van der Waals surface area contributed by atoms with E-state index in [1.807, 2.05) is 11.9 Å². The molecular weight excluding hydrogens is 176 g/mol. The van der Waals surface area contributed by atoms with E-state index in [0.29, 0.717) is 6.54 Å². The molecule has 0 saturated carbocycles. The summed E-state index contributed by atoms with van der Waals surface area (Å²) in [6.07, 6.45) is 3.63. The molecule has 1 N–H and O–H groups in total. The Morgan fingerprint density at radius 1 is 1.33 bits per heavy atom. The minimum absolute atomic E-state index is 0. The molecule has 0 spiro atoms. The molecule has 0 radical (unpaired) electrons. The van der Waals surface area contributed by atoms with E-state index >= 15 is 0 Å². The third kappa shape index (κ3) is 3.41. The molecule has 1 heterocycles. The van der Waals surface area contributed by atoms with Gasteiger partial charge in [-0.25, -0.2) is 0 Å². The van der Waals surface area contributed by atoms with E-state index in [4.69, 9.17) is 0 Å². The van der Waals surface area contributed by atoms with Crippen molar-refractivity contribution in [2.45, 2.75) is 19.3 Å². The first-order valence-corrected chi connectivity index (χ1v) is 4.27. The molecule has 0 aromatic heterocycles. The zero-order chi connectivity index (χ0) is 8.10. The number of halogens is 1. The first-order chi connectivity index (χ1) is 5.34. The van der Waals surface area contributed by atoms with Crippen molar-refractivity contribution >= 4 is 18.3 Å². The molecule has 0 bridgehead atoms. The van der Waals surface area contributed by atoms with Gasteiger partial charge in [-0.2, -0.15) is 0 Å². The zero-order valence-electron chi connectivity index (χ0n) is 7.51. The predicted octanol–water partition coefficient (Wildman–Crippen LogP) is 0.640. The third-order valence-corrected chi connectivity index (χ3v) is 2.04. The van der Waals surface area contributed by atoms with Gasteiger partial charge in [-0.1, -0.05) is 0 Å². The van der Waals surface area contributed by atoms with Crippen molar-refractivity contribution in [2.24, 2.45) is 0 Å². The van der Waals surface area contributed by atoms with E-state index in [2.05, 4.69) is 5.32 Å². The van der Waals surface area contributed by atoms with Crippen LogP contribution in [-0.4, -0.2) is 37.5 Å². The number of carbonyl (C=O) groups is 1. The molecule has 12 heavy (non-hydrogen) atoms. The minimum atomic E-state index is 0. The Morgan fingerprint density at radius 2 is 1.92 bits per heavy atom. The second-order valence-corrected chi connectivity index (χ2v) is 2.97. The SMILES string of the molecule is CNCC(=O)N1CCCCC1.Cl. The molecular formula is C8H17ClN2O. The predicted molar refractivity (Wildman–Crippen MR) is 51.6 cm³/mol. The van der Waals surface area contributed by atoms with Gasteiger partial charge >= 0.3 is 0 Å². The summed E-state index contributed by atoms with van der Waals surface area (Å²) in [6, 6.07) is 0. The van der Waals surface area contributed by atoms with Crippen molar-refractivity contribution in [3.8, 4) is 0 Å². The van der Waals surface area contributed by atoms with Crippen LogP contribution in [0, 0.1) is 0 Å². The van der Waals surface area contributed by atoms with E-state index in [1.54, 1.807) is 0 Å². The van der Waals surface area contributed by atoms with Gasteiger partial charge in [0.15, 0.2) is 0 Å². The summed E-state index contributed by atoms with van der Waals surface area (Å²) in [5.74, 6) is 0.243. The molecule has 1 aliphatic rings. The molecule has 1 rings (SSSR count). The van der Waals surface area contributed by atoms with Gasteiger partial charge in [-0.3, -0.25) is 4.79 Å². The highest BCUT2D eigenvalue weighted by Gasteiger charge is 2.14. The van der Waals surface area contributed by atoms with Gasteiger partial charge in [0, 0.05) is 13.1 Å². The summed E-state index contributed by atoms with van der Waals surface area (Å²) >= 11 is 0. The van der Waals surface area contributed by atoms with E-state index in [1.165, 1.54) is 19.3 Å². The largest absolute Gasteiger partial charge is 0.342 e. The molecule has 4 heteroatoms. The van der Waals surface area contributed by atoms with Gasteiger partial charge in [0.05, 0.1) is 6.54 Å². The fourth-order valence-electron chi connectivity index (χ4n) is 1.41. The quantitative estimate of drug-likeness (QED) is 0.697. The molecule has 0 aliphatic carbocycles. The van der Waals surface area contributed by atoms with Crippen molar-refractivity contribution in [3.63, 3.8) is 0 Å². The Labute approximate surface area is 79.9 Å². The maximum atomic E-state index is 11.3. The van der Waals surface area contributed by atoms with Gasteiger partial charge < -0.3 is 10.2 Å². The zero-order valence-corrected chi connectivity index (χ0v) is 8.32. The summed E-state index contributed by atoms with van der Waals surface area (Å²) < 4.78 is 0. The number of amides is 1. The number of rotatable bonds is 2. The van der Waals surface area contributed by atoms with Crippen LogP contribution >= 0.6 is 12.4 Å². The monoisotopic (exact) mass is 192 g/mol. The number of likely N-dealkylation sites (N-methyl/N-ethyl adjacent to an activating group) is 1. The lowest BCUT2D eigenvalue weighted by Gasteiger charge is -2.26. The molecule has 0 aromatic rings. The van der Waals surface area contributed by atoms with Crippen LogP contribution in [0.15, 0.2) is 0 Å². The Morgan fingerprint density at radius 3 is 2.42 bits per heavy atom. The number of piperidine rings is 1. The average Bonchev–Trinajstić information content (AvgIpc) is 2.07. The fourth-order valence-corrected chi connectivity index (χ4v) is 1.41. The van der Waals surface area contributed by atoms with Crippen LogP contribution in [0.3, 0.4) is 0 Å². The lowest BCUT2D eigenvalue weighted by atomic mass is 10.1. The molecule has 1 amide bonds. The van der Waals surface area contributed by atoms with Crippen LogP contribution in [-0.2, 0) is 4.79 Å². The summed E-state index contributed by atoms with van der Waals surface area (Å²) in [5, 5.41) is 2.87. The first kappa shape index (κ1) is 11.7. The Balaban J connectivity index is 0.00000121. The molecule has 1 fully saturated rings. The number of nitrogens with one attached hydrogen (secondary N) is 1. The number of hydrogen-bond acceptors (Lipinski definition) is 2. The van der Waals surface area contributed by atoms with E-state index in [9.17, 15) is 4.79 Å². The first-order valence-electron chi connectivity index (χ1n) is 4.27. The van der Waals surface area contributed by atoms with E-state index < -0.39 is 0 Å². The molecule has 1 aliphatic heterocycles. The molecule has 72 valence electrons. The van der Waals surface area contributed by atoms with Crippen LogP contribution in [0.25, 0.3) is 0 Å². The molecule has 0 unspecified atom stereocenters. The second kappa shape index (κ2) is 6.26. The lowest BCUT2D eigenvalue weighted by Crippen LogP contribution is -2.40. The van der Waals surface area contributed by atoms with Crippen LogP contribution in [0.2, 0.25) is 0 Å². The minimum Gasteiger partial charge on any atom is -0.342 e. The fraction of sp³-hybridized carbons (Fsp3) is 0.875. The standard InChI is InChI=1S/C8H16N2O.ClH/c1-9-7-8(11)10-5-3-2-4-6-10;/h9H,2-7H2,1H3;1H. The number of likely N-dealkylation sites (tertiary alicyclic amines) is 1. The van der Waals surface area contributed by atoms with Crippen molar-refractivity contribution in [1.82, 2.24) is 10.2 Å². The van der Waals surface area contributed by atoms with Crippen LogP contribution < -0.4 is 5.32 Å². The van der Waals surface area contributed by atoms with E-state index in [-0.39, 0.29) is 18.3 Å². The molecule has 3 nitrogen and oxygen atoms in total. The lowest BCUT2D eigenvalue weighted by molar-refractivity contribution is -0.131. The van der Waals surface area contributed by atoms with Crippen LogP contribution in [0.1, 0.15) is 19.3 Å². The summed E-state index contributed by atoms with van der Waals surface area (Å²) in [5.41, 5.74) is 0. The van der Waals surface area contributed by atoms with Crippen molar-refractivity contribution < 1.29 is 4.79 Å². The maximum Gasteiger partial charge on any atom is 0.236 e. The average molecular weight is 193 g/mol. The Kier molecular flexibility index (Phi) is 6.11. The smallest absolute Gasteiger partial charge is 0.236 e. The van der Waals surface area contributed by atoms with Gasteiger partial charge in [-0.05, 0) is 26.3 Å². The highest BCUT2D eigenvalue weighted by molar-refractivity contribution is 5.85. The summed E-state index contributed by atoms with van der Waals surface area (Å²) in [6.45, 7) is 2.40. The number of hydrogen-bond donors (Lipinski definition) is 1. The van der Waals surface area contributed by atoms with Gasteiger partial charge in [0.25, 0.3) is 0 Å². The summed E-state index contributed by atoms with van der Waals surface area (Å²) in [7, 11) is 1.81. The molecule has 0 aromatic carbocycles. The maximum absolute atomic E-state index is 11.3. The van der Waals surface area contributed by atoms with Gasteiger partial charge in [-0.15, -0.1) is 12.4 Å². The highest BCUT2D eigenvalue weighted by Crippen LogP contribution is 2.07. The normalized spacial score (nSPS) is 16.9. The number of carbonyl (C=O) groups excluding carboxylic acids is 1. The molecule has 0 atom stereocenters. The van der Waals surface area contributed by atoms with Gasteiger partial charge in [0.1, 0.15) is 0 Å². The van der Waals surface area contributed by atoms with Crippen molar-refractivity contribution in [3.05, 3.63) is 0 Å². The van der Waals surface area contributed by atoms with Crippen LogP contribution in [0.4, 0.5) is 0 Å². The van der Waals surface area contributed by atoms with Crippen molar-refractivity contribution in [1.29, 1.82) is 0 Å². The van der Waals surface area contributed by atoms with Crippen LogP contribution in [0.5, 0.6) is 0 Å². The van der Waals surface area contributed by atoms with E-state index in [0.717, 1.165) is 13.1 Å². The van der Waals surface area contributed by atoms with Gasteiger partial charge in [0.2, 0.25) is 5.91 Å². The van der Waals surface area contributed by atoms with Crippen molar-refractivity contribution in [2.75, 3.05) is 26.7 Å². The number of nitrogens with zero attached hydrogens (tertiary/aromatic N) is 1. The summed E-state index contributed by atoms with van der Waals surface area (Å²) in [4.78, 5) is 13.2. The Hall–Kier alpha value is -0.280. The third-order valence-electron chi connectivity index (χ3n) is 2.04. The highest BCUT2D eigenvalue weighted by atomic mass is 35.5.